The molecule has 50 heavy (non-hydrogen) atoms. The summed E-state index contributed by atoms with van der Waals surface area (Å²) in [7, 11) is 8.87. The molecule has 262 valence electrons. The molecule has 0 radical (unpaired) electrons. The molecule has 1 aromatic heterocycles. The van der Waals surface area contributed by atoms with E-state index in [0.717, 1.165) is 39.4 Å². The van der Waals surface area contributed by atoms with Crippen molar-refractivity contribution in [2.75, 3.05) is 45.1 Å². The summed E-state index contributed by atoms with van der Waals surface area (Å²) in [5, 5.41) is 10.9. The maximum atomic E-state index is 14.0. The molecule has 3 heterocycles. The molecule has 4 aromatic rings. The Bertz CT molecular complexity index is 1890. The van der Waals surface area contributed by atoms with E-state index in [0.29, 0.717) is 54.7 Å². The molecule has 3 aromatic carbocycles. The lowest BCUT2D eigenvalue weighted by molar-refractivity contribution is 0.0484. The second-order valence-corrected chi connectivity index (χ2v) is 13.2. The highest BCUT2D eigenvalue weighted by Gasteiger charge is 2.39. The fraction of sp³-hybridized carbons (Fsp3) is 0.351. The zero-order chi connectivity index (χ0) is 35.5. The highest BCUT2D eigenvalue weighted by atomic mass is 32.1. The number of fused-ring (bicyclic) bond motifs is 2. The third kappa shape index (κ3) is 7.24. The number of likely N-dealkylation sites (tertiary alicyclic amines) is 1. The Kier molecular flexibility index (Phi) is 10.3. The predicted molar refractivity (Wildman–Crippen MR) is 196 cm³/mol. The quantitative estimate of drug-likeness (QED) is 0.222. The van der Waals surface area contributed by atoms with Gasteiger partial charge in [-0.05, 0) is 60.0 Å². The van der Waals surface area contributed by atoms with Crippen LogP contribution in [0.2, 0.25) is 0 Å². The molecule has 3 amide bonds. The first kappa shape index (κ1) is 34.7. The largest absolute Gasteiger partial charge is 0.497 e. The SMILES string of the molecule is COc1cc(CO[C@@H]2C[C@@H](C(=S)N(C)C)N(C(=O)NCc3ccc(C(=O)N4Cc5cnn(C)c5Nc5ccccc54)cc3C)C2)cc(OC)c1. The number of nitrogens with one attached hydrogen (secondary N) is 2. The zero-order valence-corrected chi connectivity index (χ0v) is 30.0. The molecule has 12 nitrogen and oxygen atoms in total. The maximum absolute atomic E-state index is 14.0. The van der Waals surface area contributed by atoms with Gasteiger partial charge in [0.25, 0.3) is 5.91 Å². The molecule has 13 heteroatoms. The fourth-order valence-electron chi connectivity index (χ4n) is 6.43. The van der Waals surface area contributed by atoms with Crippen molar-refractivity contribution in [1.82, 2.24) is 24.9 Å². The second-order valence-electron chi connectivity index (χ2n) is 12.8. The number of nitrogens with zero attached hydrogens (tertiary/aromatic N) is 5. The summed E-state index contributed by atoms with van der Waals surface area (Å²) in [5.74, 6) is 2.10. The molecule has 2 aliphatic rings. The Morgan fingerprint density at radius 2 is 1.80 bits per heavy atom. The molecular formula is C37H43N7O5S. The standard InChI is InChI=1S/C37H43N7O5S/c1-23-13-25(35(45)43-20-27-19-39-42(4)34(27)40-31-9-7-8-10-32(31)43)11-12-26(23)18-38-37(46)44-21-30(17-33(44)36(50)41(2)3)49-22-24-14-28(47-5)16-29(15-24)48-6/h7-16,19,30,33,40H,17-18,20-22H2,1-6H3,(H,38,46)/t30-,33+/m1/s1. The summed E-state index contributed by atoms with van der Waals surface area (Å²) in [6, 6.07) is 18.5. The Balaban J connectivity index is 1.12. The minimum atomic E-state index is -0.294. The molecule has 2 atom stereocenters. The summed E-state index contributed by atoms with van der Waals surface area (Å²) in [4.78, 5) is 33.7. The van der Waals surface area contributed by atoms with Crippen molar-refractivity contribution in [1.29, 1.82) is 0 Å². The molecule has 2 N–H and O–H groups in total. The highest BCUT2D eigenvalue weighted by Crippen LogP contribution is 2.36. The van der Waals surface area contributed by atoms with Gasteiger partial charge < -0.3 is 39.5 Å². The summed E-state index contributed by atoms with van der Waals surface area (Å²) in [6.45, 7) is 3.35. The smallest absolute Gasteiger partial charge is 0.318 e. The summed E-state index contributed by atoms with van der Waals surface area (Å²) in [5.41, 5.74) is 5.83. The predicted octanol–water partition coefficient (Wildman–Crippen LogP) is 5.41. The van der Waals surface area contributed by atoms with Gasteiger partial charge in [-0.2, -0.15) is 5.10 Å². The van der Waals surface area contributed by atoms with Crippen molar-refractivity contribution in [3.63, 3.8) is 0 Å². The van der Waals surface area contributed by atoms with E-state index >= 15 is 0 Å². The van der Waals surface area contributed by atoms with Gasteiger partial charge in [0.1, 0.15) is 22.3 Å². The van der Waals surface area contributed by atoms with Crippen molar-refractivity contribution < 1.29 is 23.8 Å². The van der Waals surface area contributed by atoms with E-state index in [9.17, 15) is 9.59 Å². The van der Waals surface area contributed by atoms with Gasteiger partial charge in [-0.3, -0.25) is 9.48 Å². The van der Waals surface area contributed by atoms with E-state index in [2.05, 4.69) is 15.7 Å². The van der Waals surface area contributed by atoms with E-state index in [-0.39, 0.29) is 24.1 Å². The van der Waals surface area contributed by atoms with Gasteiger partial charge in [0.05, 0.1) is 57.1 Å². The van der Waals surface area contributed by atoms with Crippen molar-refractivity contribution in [2.24, 2.45) is 7.05 Å². The number of amides is 3. The van der Waals surface area contributed by atoms with Crippen LogP contribution in [0.15, 0.2) is 66.9 Å². The highest BCUT2D eigenvalue weighted by molar-refractivity contribution is 7.80. The molecule has 1 saturated heterocycles. The Morgan fingerprint density at radius 1 is 1.06 bits per heavy atom. The number of thiocarbonyl (C=S) groups is 1. The lowest BCUT2D eigenvalue weighted by atomic mass is 10.0. The van der Waals surface area contributed by atoms with Crippen LogP contribution in [0.25, 0.3) is 0 Å². The van der Waals surface area contributed by atoms with E-state index in [4.69, 9.17) is 26.4 Å². The molecule has 0 bridgehead atoms. The number of ether oxygens (including phenoxy) is 3. The minimum absolute atomic E-state index is 0.120. The van der Waals surface area contributed by atoms with Gasteiger partial charge in [-0.1, -0.05) is 30.4 Å². The number of benzene rings is 3. The van der Waals surface area contributed by atoms with Gasteiger partial charge in [-0.25, -0.2) is 4.79 Å². The number of rotatable bonds is 9. The van der Waals surface area contributed by atoms with Crippen molar-refractivity contribution in [2.45, 2.75) is 45.2 Å². The number of hydrogen-bond acceptors (Lipinski definition) is 8. The molecule has 1 fully saturated rings. The van der Waals surface area contributed by atoms with Crippen LogP contribution in [0.5, 0.6) is 11.5 Å². The van der Waals surface area contributed by atoms with Crippen LogP contribution >= 0.6 is 12.2 Å². The van der Waals surface area contributed by atoms with Crippen LogP contribution < -0.4 is 25.0 Å². The van der Waals surface area contributed by atoms with Gasteiger partial charge in [0.2, 0.25) is 0 Å². The molecule has 0 spiro atoms. The van der Waals surface area contributed by atoms with Gasteiger partial charge in [0, 0.05) is 57.8 Å². The second kappa shape index (κ2) is 14.8. The van der Waals surface area contributed by atoms with Crippen LogP contribution in [-0.2, 0) is 31.5 Å². The van der Waals surface area contributed by atoms with Gasteiger partial charge in [-0.15, -0.1) is 0 Å². The number of carbonyl (C=O) groups excluding carboxylic acids is 2. The number of aryl methyl sites for hydroxylation is 2. The van der Waals surface area contributed by atoms with Crippen LogP contribution in [0.4, 0.5) is 22.0 Å². The van der Waals surface area contributed by atoms with E-state index in [1.54, 1.807) is 34.9 Å². The number of hydrogen-bond donors (Lipinski definition) is 2. The average molecular weight is 698 g/mol. The van der Waals surface area contributed by atoms with Crippen LogP contribution in [-0.4, -0.2) is 83.5 Å². The number of methoxy groups -OCH3 is 2. The molecule has 0 unspecified atom stereocenters. The lowest BCUT2D eigenvalue weighted by Gasteiger charge is -2.28. The molecule has 0 aliphatic carbocycles. The molecular weight excluding hydrogens is 655 g/mol. The zero-order valence-electron chi connectivity index (χ0n) is 29.2. The lowest BCUT2D eigenvalue weighted by Crippen LogP contribution is -2.48. The number of anilines is 3. The summed E-state index contributed by atoms with van der Waals surface area (Å²) in [6.07, 6.45) is 2.15. The number of urea groups is 1. The normalized spacial score (nSPS) is 16.5. The first-order chi connectivity index (χ1) is 24.1. The fourth-order valence-corrected chi connectivity index (χ4v) is 6.66. The molecule has 6 rings (SSSR count). The topological polar surface area (TPSA) is 113 Å². The number of aromatic nitrogens is 2. The van der Waals surface area contributed by atoms with Crippen molar-refractivity contribution in [3.8, 4) is 11.5 Å². The Hall–Kier alpha value is -5.14. The summed E-state index contributed by atoms with van der Waals surface area (Å²) >= 11 is 5.75. The van der Waals surface area contributed by atoms with Crippen LogP contribution in [0.1, 0.15) is 39.0 Å². The third-order valence-corrected chi connectivity index (χ3v) is 9.84. The van der Waals surface area contributed by atoms with Gasteiger partial charge >= 0.3 is 6.03 Å². The third-order valence-electron chi connectivity index (χ3n) is 9.20. The Morgan fingerprint density at radius 3 is 2.50 bits per heavy atom. The Labute approximate surface area is 297 Å². The van der Waals surface area contributed by atoms with Gasteiger partial charge in [0.15, 0.2) is 0 Å². The number of likely N-dealkylation sites (N-methyl/N-ethyl adjacent to an activating group) is 1. The number of carbonyl (C=O) groups is 2. The minimum Gasteiger partial charge on any atom is -0.497 e. The van der Waals surface area contributed by atoms with Crippen molar-refractivity contribution >= 4 is 46.3 Å². The van der Waals surface area contributed by atoms with E-state index in [1.807, 2.05) is 93.6 Å². The molecule has 0 saturated carbocycles. The first-order valence-corrected chi connectivity index (χ1v) is 16.8. The van der Waals surface area contributed by atoms with E-state index < -0.39 is 0 Å². The van der Waals surface area contributed by atoms with E-state index in [1.165, 1.54) is 0 Å². The van der Waals surface area contributed by atoms with Crippen LogP contribution in [0.3, 0.4) is 0 Å². The molecule has 2 aliphatic heterocycles. The first-order valence-electron chi connectivity index (χ1n) is 16.4. The monoisotopic (exact) mass is 697 g/mol. The average Bonchev–Trinajstić information content (AvgIpc) is 3.66. The van der Waals surface area contributed by atoms with Crippen molar-refractivity contribution in [3.05, 3.63) is 94.7 Å². The van der Waals surface area contributed by atoms with Crippen LogP contribution in [0, 0.1) is 6.92 Å². The number of para-hydroxylation sites is 2. The maximum Gasteiger partial charge on any atom is 0.318 e. The summed E-state index contributed by atoms with van der Waals surface area (Å²) < 4.78 is 18.9.